The molecule has 6 aliphatic rings. The summed E-state index contributed by atoms with van der Waals surface area (Å²) in [6, 6.07) is -0.934. The summed E-state index contributed by atoms with van der Waals surface area (Å²) in [4.78, 5) is 11.9. The Labute approximate surface area is 225 Å². The Bertz CT molecular complexity index is 917. The van der Waals surface area contributed by atoms with E-state index in [0.29, 0.717) is 30.8 Å². The number of aliphatic hydroxyl groups excluding tert-OH is 3. The third-order valence-electron chi connectivity index (χ3n) is 12.6. The van der Waals surface area contributed by atoms with Crippen LogP contribution in [0, 0.1) is 40.4 Å². The van der Waals surface area contributed by atoms with Crippen LogP contribution in [0.25, 0.3) is 0 Å². The van der Waals surface area contributed by atoms with Crippen LogP contribution in [0.2, 0.25) is 0 Å². The molecule has 0 unspecified atom stereocenters. The molecule has 2 aliphatic heterocycles. The molecule has 9 heteroatoms. The topological polar surface area (TPSA) is 152 Å². The number of hydrogen-bond acceptors (Lipinski definition) is 9. The molecule has 0 amide bonds. The molecule has 6 fully saturated rings. The number of aliphatic hydroxyl groups is 4. The average Bonchev–Trinajstić information content (AvgIpc) is 3.44. The standard InChI is InChI=1S/C29H47NO8/c1-27-8-5-17(37-26-25(34)23(30)24(33)21(13-31)38-26)12-16(27)3-4-20-19(27)6-9-28(2)18(7-10-29(20,28)35)15-11-22(32)36-14-15/h15-21,23-26,31,33-35H,3-14,30H2,1-2H3/t15-,16-,17+,18-,19+,20-,21-,23+,24-,25-,26-,27+,28-,29+/m1/s1. The maximum Gasteiger partial charge on any atom is 0.306 e. The lowest BCUT2D eigenvalue weighted by Crippen LogP contribution is -2.64. The Morgan fingerprint density at radius 1 is 1.00 bits per heavy atom. The largest absolute Gasteiger partial charge is 0.465 e. The zero-order chi connectivity index (χ0) is 27.0. The molecule has 2 heterocycles. The Kier molecular flexibility index (Phi) is 6.94. The van der Waals surface area contributed by atoms with Crippen molar-refractivity contribution in [2.75, 3.05) is 13.2 Å². The van der Waals surface area contributed by atoms with Crippen LogP contribution in [-0.4, -0.2) is 82.0 Å². The van der Waals surface area contributed by atoms with Crippen LogP contribution in [-0.2, 0) is 19.0 Å². The van der Waals surface area contributed by atoms with Crippen molar-refractivity contribution in [2.24, 2.45) is 46.2 Å². The minimum absolute atomic E-state index is 0.0845. The van der Waals surface area contributed by atoms with Gasteiger partial charge in [0.05, 0.1) is 37.4 Å². The van der Waals surface area contributed by atoms with Crippen LogP contribution in [0.15, 0.2) is 0 Å². The predicted molar refractivity (Wildman–Crippen MR) is 136 cm³/mol. The highest BCUT2D eigenvalue weighted by Crippen LogP contribution is 2.70. The number of carbonyl (C=O) groups is 1. The molecule has 2 saturated heterocycles. The zero-order valence-corrected chi connectivity index (χ0v) is 22.8. The first-order valence-electron chi connectivity index (χ1n) is 14.9. The molecular formula is C29H47NO8. The third-order valence-corrected chi connectivity index (χ3v) is 12.6. The van der Waals surface area contributed by atoms with Gasteiger partial charge in [-0.1, -0.05) is 13.8 Å². The Hall–Kier alpha value is -0.810. The van der Waals surface area contributed by atoms with Crippen molar-refractivity contribution in [3.8, 4) is 0 Å². The van der Waals surface area contributed by atoms with Gasteiger partial charge in [0.1, 0.15) is 18.3 Å². The molecule has 4 aliphatic carbocycles. The van der Waals surface area contributed by atoms with Crippen molar-refractivity contribution in [1.29, 1.82) is 0 Å². The number of cyclic esters (lactones) is 1. The summed E-state index contributed by atoms with van der Waals surface area (Å²) in [7, 11) is 0. The molecule has 6 rings (SSSR count). The van der Waals surface area contributed by atoms with Crippen LogP contribution < -0.4 is 5.73 Å². The molecular weight excluding hydrogens is 490 g/mol. The monoisotopic (exact) mass is 537 g/mol. The molecule has 38 heavy (non-hydrogen) atoms. The first-order chi connectivity index (χ1) is 18.0. The van der Waals surface area contributed by atoms with Gasteiger partial charge in [-0.15, -0.1) is 0 Å². The SMILES string of the molecule is C[C@]12CC[C@H](O[C@@H]3O[C@H](CO)[C@@H](O)[C@H](N)[C@H]3O)C[C@H]1CC[C@@H]1[C@@H]2CC[C@]2(C)[C@@H]([C@H]3COC(=O)C3)CC[C@]12O. The van der Waals surface area contributed by atoms with Gasteiger partial charge in [0.15, 0.2) is 6.29 Å². The molecule has 14 atom stereocenters. The predicted octanol–water partition coefficient (Wildman–Crippen LogP) is 1.47. The van der Waals surface area contributed by atoms with Gasteiger partial charge in [-0.25, -0.2) is 0 Å². The van der Waals surface area contributed by atoms with Crippen LogP contribution >= 0.6 is 0 Å². The lowest BCUT2D eigenvalue weighted by molar-refractivity contribution is -0.296. The molecule has 6 N–H and O–H groups in total. The second-order valence-corrected chi connectivity index (χ2v) is 14.0. The molecule has 0 spiro atoms. The van der Waals surface area contributed by atoms with Crippen molar-refractivity contribution in [3.05, 3.63) is 0 Å². The van der Waals surface area contributed by atoms with Crippen LogP contribution in [0.1, 0.15) is 78.1 Å². The van der Waals surface area contributed by atoms with E-state index in [4.69, 9.17) is 19.9 Å². The van der Waals surface area contributed by atoms with E-state index in [0.717, 1.165) is 57.8 Å². The lowest BCUT2D eigenvalue weighted by atomic mass is 9.43. The number of fused-ring (bicyclic) bond motifs is 5. The fourth-order valence-electron chi connectivity index (χ4n) is 10.3. The van der Waals surface area contributed by atoms with Crippen LogP contribution in [0.5, 0.6) is 0 Å². The second kappa shape index (κ2) is 9.64. The summed E-state index contributed by atoms with van der Waals surface area (Å²) >= 11 is 0. The van der Waals surface area contributed by atoms with E-state index < -0.39 is 36.2 Å². The van der Waals surface area contributed by atoms with Crippen molar-refractivity contribution in [2.45, 2.75) is 120 Å². The fourth-order valence-corrected chi connectivity index (χ4v) is 10.3. The van der Waals surface area contributed by atoms with Gasteiger partial charge in [-0.05, 0) is 92.3 Å². The first-order valence-corrected chi connectivity index (χ1v) is 14.9. The maximum absolute atomic E-state index is 12.4. The molecule has 9 nitrogen and oxygen atoms in total. The molecule has 0 aromatic heterocycles. The fraction of sp³-hybridized carbons (Fsp3) is 0.966. The average molecular weight is 538 g/mol. The van der Waals surface area contributed by atoms with E-state index in [1.165, 1.54) is 0 Å². The van der Waals surface area contributed by atoms with E-state index in [1.54, 1.807) is 0 Å². The second-order valence-electron chi connectivity index (χ2n) is 14.0. The molecule has 216 valence electrons. The Balaban J connectivity index is 1.14. The number of carbonyl (C=O) groups excluding carboxylic acids is 1. The van der Waals surface area contributed by atoms with E-state index in [1.807, 2.05) is 0 Å². The summed E-state index contributed by atoms with van der Waals surface area (Å²) in [5.41, 5.74) is 5.25. The smallest absolute Gasteiger partial charge is 0.306 e. The zero-order valence-electron chi connectivity index (χ0n) is 22.8. The van der Waals surface area contributed by atoms with Crippen LogP contribution in [0.4, 0.5) is 0 Å². The Morgan fingerprint density at radius 2 is 1.76 bits per heavy atom. The Morgan fingerprint density at radius 3 is 2.47 bits per heavy atom. The number of rotatable bonds is 4. The third kappa shape index (κ3) is 3.94. The number of ether oxygens (including phenoxy) is 3. The van der Waals surface area contributed by atoms with E-state index in [2.05, 4.69) is 13.8 Å². The van der Waals surface area contributed by atoms with Gasteiger partial charge in [0, 0.05) is 5.92 Å². The summed E-state index contributed by atoms with van der Waals surface area (Å²) < 4.78 is 17.3. The minimum Gasteiger partial charge on any atom is -0.465 e. The van der Waals surface area contributed by atoms with Crippen LogP contribution in [0.3, 0.4) is 0 Å². The van der Waals surface area contributed by atoms with Crippen molar-refractivity contribution < 1.29 is 39.4 Å². The number of hydrogen-bond donors (Lipinski definition) is 5. The van der Waals surface area contributed by atoms with E-state index in [9.17, 15) is 25.2 Å². The van der Waals surface area contributed by atoms with Crippen molar-refractivity contribution >= 4 is 5.97 Å². The lowest BCUT2D eigenvalue weighted by Gasteiger charge is -2.64. The quantitative estimate of drug-likeness (QED) is 0.265. The number of esters is 1. The van der Waals surface area contributed by atoms with Gasteiger partial charge in [0.25, 0.3) is 0 Å². The highest BCUT2D eigenvalue weighted by Gasteiger charge is 2.68. The highest BCUT2D eigenvalue weighted by molar-refractivity contribution is 5.71. The van der Waals surface area contributed by atoms with Gasteiger partial charge < -0.3 is 40.4 Å². The van der Waals surface area contributed by atoms with Gasteiger partial charge >= 0.3 is 5.97 Å². The summed E-state index contributed by atoms with van der Waals surface area (Å²) in [5, 5.41) is 42.7. The molecule has 4 saturated carbocycles. The normalized spacial score (nSPS) is 56.6. The molecule has 0 aromatic rings. The number of nitrogens with two attached hydrogens (primary N) is 1. The molecule has 0 radical (unpaired) electrons. The first kappa shape index (κ1) is 27.4. The summed E-state index contributed by atoms with van der Waals surface area (Å²) in [6.07, 6.45) is 4.92. The minimum atomic E-state index is -1.15. The highest BCUT2D eigenvalue weighted by atomic mass is 16.7. The maximum atomic E-state index is 12.4. The molecule has 0 aromatic carbocycles. The summed E-state index contributed by atoms with van der Waals surface area (Å²) in [6.45, 7) is 4.84. The van der Waals surface area contributed by atoms with Gasteiger partial charge in [-0.3, -0.25) is 4.79 Å². The molecule has 0 bridgehead atoms. The van der Waals surface area contributed by atoms with Crippen molar-refractivity contribution in [3.63, 3.8) is 0 Å². The summed E-state index contributed by atoms with van der Waals surface area (Å²) in [5.74, 6) is 1.67. The van der Waals surface area contributed by atoms with E-state index >= 15 is 0 Å². The van der Waals surface area contributed by atoms with E-state index in [-0.39, 0.29) is 41.3 Å². The van der Waals surface area contributed by atoms with Gasteiger partial charge in [-0.2, -0.15) is 0 Å². The van der Waals surface area contributed by atoms with Gasteiger partial charge in [0.2, 0.25) is 0 Å². The van der Waals surface area contributed by atoms with Crippen molar-refractivity contribution in [1.82, 2.24) is 0 Å².